The number of para-hydroxylation sites is 1. The molecule has 138 valence electrons. The SMILES string of the molecule is O=C(O)Oc1ccccc1-c1ccccc1CN1C(=O)c2ccccc2C1=O. The van der Waals surface area contributed by atoms with Crippen molar-refractivity contribution >= 4 is 18.0 Å². The van der Waals surface area contributed by atoms with Crippen molar-refractivity contribution in [2.75, 3.05) is 0 Å². The van der Waals surface area contributed by atoms with Crippen LogP contribution in [0.2, 0.25) is 0 Å². The number of fused-ring (bicyclic) bond motifs is 1. The number of hydrogen-bond donors (Lipinski definition) is 1. The number of nitrogens with zero attached hydrogens (tertiary/aromatic N) is 1. The normalized spacial score (nSPS) is 12.8. The Kier molecular flexibility index (Phi) is 4.37. The molecule has 1 heterocycles. The van der Waals surface area contributed by atoms with Crippen LogP contribution in [0.4, 0.5) is 4.79 Å². The number of rotatable bonds is 4. The molecule has 1 N–H and O–H groups in total. The molecule has 28 heavy (non-hydrogen) atoms. The van der Waals surface area contributed by atoms with Crippen molar-refractivity contribution in [1.82, 2.24) is 4.90 Å². The number of ether oxygens (including phenoxy) is 1. The van der Waals surface area contributed by atoms with Crippen molar-refractivity contribution in [3.05, 3.63) is 89.5 Å². The Morgan fingerprint density at radius 1 is 0.750 bits per heavy atom. The fraction of sp³-hybridized carbons (Fsp3) is 0.0455. The summed E-state index contributed by atoms with van der Waals surface area (Å²) < 4.78 is 4.89. The fourth-order valence-corrected chi connectivity index (χ4v) is 3.35. The second-order valence-corrected chi connectivity index (χ2v) is 6.26. The van der Waals surface area contributed by atoms with Crippen LogP contribution in [0.25, 0.3) is 11.1 Å². The van der Waals surface area contributed by atoms with Gasteiger partial charge in [0.1, 0.15) is 5.75 Å². The quantitative estimate of drug-likeness (QED) is 0.421. The molecule has 0 aliphatic carbocycles. The molecule has 6 heteroatoms. The number of benzene rings is 3. The Labute approximate surface area is 160 Å². The fourth-order valence-electron chi connectivity index (χ4n) is 3.35. The Bertz CT molecular complexity index is 1070. The van der Waals surface area contributed by atoms with Crippen LogP contribution in [-0.2, 0) is 6.54 Å². The van der Waals surface area contributed by atoms with Gasteiger partial charge in [0.2, 0.25) is 0 Å². The maximum atomic E-state index is 12.7. The third kappa shape index (κ3) is 3.01. The summed E-state index contributed by atoms with van der Waals surface area (Å²) in [5.74, 6) is -0.499. The minimum atomic E-state index is -1.41. The van der Waals surface area contributed by atoms with Crippen LogP contribution in [0.3, 0.4) is 0 Å². The zero-order chi connectivity index (χ0) is 19.7. The lowest BCUT2D eigenvalue weighted by Gasteiger charge is -2.18. The lowest BCUT2D eigenvalue weighted by Crippen LogP contribution is -2.29. The topological polar surface area (TPSA) is 83.9 Å². The number of imide groups is 1. The highest BCUT2D eigenvalue weighted by Gasteiger charge is 2.35. The largest absolute Gasteiger partial charge is 0.511 e. The molecule has 0 atom stereocenters. The summed E-state index contributed by atoms with van der Waals surface area (Å²) in [6.07, 6.45) is -1.41. The van der Waals surface area contributed by atoms with Crippen molar-refractivity contribution < 1.29 is 24.2 Å². The van der Waals surface area contributed by atoms with E-state index in [2.05, 4.69) is 0 Å². The smallest absolute Gasteiger partial charge is 0.449 e. The van der Waals surface area contributed by atoms with Crippen molar-refractivity contribution in [3.8, 4) is 16.9 Å². The van der Waals surface area contributed by atoms with Crippen LogP contribution >= 0.6 is 0 Å². The minimum absolute atomic E-state index is 0.0733. The van der Waals surface area contributed by atoms with E-state index in [-0.39, 0.29) is 24.1 Å². The van der Waals surface area contributed by atoms with E-state index in [1.54, 1.807) is 72.8 Å². The molecule has 0 saturated carbocycles. The van der Waals surface area contributed by atoms with Crippen molar-refractivity contribution in [2.45, 2.75) is 6.54 Å². The lowest BCUT2D eigenvalue weighted by atomic mass is 9.98. The molecule has 0 fully saturated rings. The van der Waals surface area contributed by atoms with E-state index in [1.807, 2.05) is 0 Å². The molecule has 0 spiro atoms. The van der Waals surface area contributed by atoms with Crippen molar-refractivity contribution in [3.63, 3.8) is 0 Å². The molecule has 1 aliphatic rings. The monoisotopic (exact) mass is 373 g/mol. The number of hydrogen-bond acceptors (Lipinski definition) is 4. The predicted octanol–water partition coefficient (Wildman–Crippen LogP) is 4.21. The second kappa shape index (κ2) is 7.00. The van der Waals surface area contributed by atoms with Crippen LogP contribution in [0.15, 0.2) is 72.8 Å². The molecular formula is C22H15NO5. The molecule has 0 bridgehead atoms. The third-order valence-electron chi connectivity index (χ3n) is 4.60. The van der Waals surface area contributed by atoms with Gasteiger partial charge in [-0.2, -0.15) is 0 Å². The highest BCUT2D eigenvalue weighted by molar-refractivity contribution is 6.21. The molecule has 3 aromatic rings. The van der Waals surface area contributed by atoms with Gasteiger partial charge in [-0.25, -0.2) is 4.79 Å². The van der Waals surface area contributed by atoms with Gasteiger partial charge in [0.05, 0.1) is 17.7 Å². The van der Waals surface area contributed by atoms with Gasteiger partial charge in [0, 0.05) is 5.56 Å². The number of carbonyl (C=O) groups is 3. The third-order valence-corrected chi connectivity index (χ3v) is 4.60. The summed E-state index contributed by atoms with van der Waals surface area (Å²) in [6.45, 7) is 0.0733. The van der Waals surface area contributed by atoms with Gasteiger partial charge in [0.25, 0.3) is 11.8 Å². The number of carboxylic acid groups (broad SMARTS) is 1. The highest BCUT2D eigenvalue weighted by atomic mass is 16.7. The maximum Gasteiger partial charge on any atom is 0.511 e. The van der Waals surface area contributed by atoms with Crippen molar-refractivity contribution in [1.29, 1.82) is 0 Å². The Morgan fingerprint density at radius 3 is 1.86 bits per heavy atom. The predicted molar refractivity (Wildman–Crippen MR) is 101 cm³/mol. The van der Waals surface area contributed by atoms with Crippen LogP contribution in [0.5, 0.6) is 5.75 Å². The van der Waals surface area contributed by atoms with E-state index in [1.165, 1.54) is 4.90 Å². The maximum absolute atomic E-state index is 12.7. The number of amides is 2. The second-order valence-electron chi connectivity index (χ2n) is 6.26. The first-order valence-corrected chi connectivity index (χ1v) is 8.59. The molecule has 1 aliphatic heterocycles. The van der Waals surface area contributed by atoms with Gasteiger partial charge in [0.15, 0.2) is 0 Å². The summed E-state index contributed by atoms with van der Waals surface area (Å²) >= 11 is 0. The summed E-state index contributed by atoms with van der Waals surface area (Å²) in [5, 5.41) is 8.99. The van der Waals surface area contributed by atoms with Gasteiger partial charge >= 0.3 is 6.16 Å². The standard InChI is InChI=1S/C22H15NO5/c24-20-17-10-3-4-11-18(17)21(25)23(20)13-14-7-1-2-8-15(14)16-9-5-6-12-19(16)28-22(26)27/h1-12H,13H2,(H,26,27). The van der Waals surface area contributed by atoms with Crippen LogP contribution in [0.1, 0.15) is 26.3 Å². The van der Waals surface area contributed by atoms with Gasteiger partial charge in [-0.15, -0.1) is 0 Å². The molecule has 2 amide bonds. The van der Waals surface area contributed by atoms with Gasteiger partial charge in [-0.3, -0.25) is 14.5 Å². The first-order chi connectivity index (χ1) is 13.6. The Morgan fingerprint density at radius 2 is 1.25 bits per heavy atom. The van der Waals surface area contributed by atoms with E-state index in [9.17, 15) is 14.4 Å². The first kappa shape index (κ1) is 17.5. The molecule has 0 aromatic heterocycles. The summed E-state index contributed by atoms with van der Waals surface area (Å²) in [6, 6.07) is 20.7. The van der Waals surface area contributed by atoms with Crippen LogP contribution in [-0.4, -0.2) is 28.0 Å². The number of carbonyl (C=O) groups excluding carboxylic acids is 2. The van der Waals surface area contributed by atoms with Gasteiger partial charge in [-0.1, -0.05) is 54.6 Å². The molecule has 0 saturated heterocycles. The summed E-state index contributed by atoms with van der Waals surface area (Å²) in [7, 11) is 0. The summed E-state index contributed by atoms with van der Waals surface area (Å²) in [5.41, 5.74) is 2.74. The molecule has 0 unspecified atom stereocenters. The summed E-state index contributed by atoms with van der Waals surface area (Å²) in [4.78, 5) is 37.6. The van der Waals surface area contributed by atoms with E-state index in [0.29, 0.717) is 27.8 Å². The Balaban J connectivity index is 1.72. The minimum Gasteiger partial charge on any atom is -0.449 e. The van der Waals surface area contributed by atoms with Crippen LogP contribution < -0.4 is 4.74 Å². The molecular weight excluding hydrogens is 358 g/mol. The van der Waals surface area contributed by atoms with Crippen LogP contribution in [0, 0.1) is 0 Å². The molecule has 4 rings (SSSR count). The average Bonchev–Trinajstić information content (AvgIpc) is 2.94. The first-order valence-electron chi connectivity index (χ1n) is 8.59. The van der Waals surface area contributed by atoms with E-state index in [4.69, 9.17) is 9.84 Å². The van der Waals surface area contributed by atoms with Gasteiger partial charge in [-0.05, 0) is 29.3 Å². The van der Waals surface area contributed by atoms with E-state index < -0.39 is 6.16 Å². The lowest BCUT2D eigenvalue weighted by molar-refractivity contribution is 0.0642. The van der Waals surface area contributed by atoms with E-state index >= 15 is 0 Å². The highest BCUT2D eigenvalue weighted by Crippen LogP contribution is 2.34. The molecule has 6 nitrogen and oxygen atoms in total. The zero-order valence-electron chi connectivity index (χ0n) is 14.7. The average molecular weight is 373 g/mol. The molecule has 3 aromatic carbocycles. The van der Waals surface area contributed by atoms with Crippen molar-refractivity contribution in [2.24, 2.45) is 0 Å². The molecule has 0 radical (unpaired) electrons. The van der Waals surface area contributed by atoms with Gasteiger partial charge < -0.3 is 9.84 Å². The van der Waals surface area contributed by atoms with E-state index in [0.717, 1.165) is 0 Å². The zero-order valence-corrected chi connectivity index (χ0v) is 14.7. The Hall–Kier alpha value is -3.93.